The number of amides is 1. The molecular weight excluding hydrogens is 349 g/mol. The molecule has 2 aromatic rings. The van der Waals surface area contributed by atoms with Gasteiger partial charge in [0.2, 0.25) is 0 Å². The fourth-order valence-corrected chi connectivity index (χ4v) is 1.96. The van der Waals surface area contributed by atoms with Gasteiger partial charge in [0, 0.05) is 10.0 Å². The van der Waals surface area contributed by atoms with E-state index in [4.69, 9.17) is 0 Å². The van der Waals surface area contributed by atoms with E-state index in [9.17, 15) is 18.0 Å². The van der Waals surface area contributed by atoms with Crippen LogP contribution in [-0.4, -0.2) is 10.9 Å². The molecule has 0 saturated heterocycles. The lowest BCUT2D eigenvalue weighted by molar-refractivity contribution is -0.137. The maximum Gasteiger partial charge on any atom is 0.416 e. The molecule has 2 rings (SSSR count). The van der Waals surface area contributed by atoms with Crippen molar-refractivity contribution < 1.29 is 18.0 Å². The molecule has 7 heteroatoms. The molecule has 1 N–H and O–H groups in total. The highest BCUT2D eigenvalue weighted by Gasteiger charge is 2.30. The standard InChI is InChI=1S/C14H10BrF3N2O/c1-8-12(15)6-11(7-19-8)20-13(21)9-3-2-4-10(5-9)14(16,17)18/h2-7H,1H3,(H,20,21). The summed E-state index contributed by atoms with van der Waals surface area (Å²) in [7, 11) is 0. The predicted octanol–water partition coefficient (Wildman–Crippen LogP) is 4.42. The number of rotatable bonds is 2. The molecule has 0 aliphatic carbocycles. The van der Waals surface area contributed by atoms with Crippen molar-refractivity contribution in [3.8, 4) is 0 Å². The van der Waals surface area contributed by atoms with Crippen LogP contribution < -0.4 is 5.32 Å². The first kappa shape index (κ1) is 15.5. The number of alkyl halides is 3. The zero-order valence-corrected chi connectivity index (χ0v) is 12.4. The fraction of sp³-hybridized carbons (Fsp3) is 0.143. The van der Waals surface area contributed by atoms with E-state index in [0.717, 1.165) is 17.8 Å². The molecule has 0 aliphatic rings. The van der Waals surface area contributed by atoms with Gasteiger partial charge in [-0.15, -0.1) is 0 Å². The Morgan fingerprint density at radius 3 is 2.62 bits per heavy atom. The van der Waals surface area contributed by atoms with E-state index >= 15 is 0 Å². The largest absolute Gasteiger partial charge is 0.416 e. The summed E-state index contributed by atoms with van der Waals surface area (Å²) in [5.41, 5.74) is 0.210. The first-order chi connectivity index (χ1) is 9.77. The number of nitrogens with zero attached hydrogens (tertiary/aromatic N) is 1. The van der Waals surface area contributed by atoms with E-state index < -0.39 is 17.6 Å². The highest BCUT2D eigenvalue weighted by molar-refractivity contribution is 9.10. The summed E-state index contributed by atoms with van der Waals surface area (Å²) in [5.74, 6) is -0.626. The van der Waals surface area contributed by atoms with Crippen LogP contribution in [0.1, 0.15) is 21.6 Å². The molecule has 0 atom stereocenters. The number of nitrogens with one attached hydrogen (secondary N) is 1. The molecular formula is C14H10BrF3N2O. The zero-order chi connectivity index (χ0) is 15.6. The molecule has 0 saturated carbocycles. The molecule has 1 aromatic heterocycles. The number of aryl methyl sites for hydroxylation is 1. The lowest BCUT2D eigenvalue weighted by Gasteiger charge is -2.09. The summed E-state index contributed by atoms with van der Waals surface area (Å²) in [5, 5.41) is 2.51. The van der Waals surface area contributed by atoms with Crippen LogP contribution in [0.4, 0.5) is 18.9 Å². The lowest BCUT2D eigenvalue weighted by atomic mass is 10.1. The van der Waals surface area contributed by atoms with Gasteiger partial charge in [0.15, 0.2) is 0 Å². The van der Waals surface area contributed by atoms with Crippen LogP contribution in [0.25, 0.3) is 0 Å². The summed E-state index contributed by atoms with van der Waals surface area (Å²) in [6.45, 7) is 1.78. The minimum Gasteiger partial charge on any atom is -0.321 e. The van der Waals surface area contributed by atoms with Gasteiger partial charge in [0.1, 0.15) is 0 Å². The third kappa shape index (κ3) is 3.81. The van der Waals surface area contributed by atoms with Gasteiger partial charge in [-0.2, -0.15) is 13.2 Å². The molecule has 1 amide bonds. The first-order valence-corrected chi connectivity index (χ1v) is 6.67. The number of pyridine rings is 1. The number of aromatic nitrogens is 1. The molecule has 21 heavy (non-hydrogen) atoms. The molecule has 1 heterocycles. The van der Waals surface area contributed by atoms with Gasteiger partial charge < -0.3 is 5.32 Å². The lowest BCUT2D eigenvalue weighted by Crippen LogP contribution is -2.14. The number of anilines is 1. The molecule has 3 nitrogen and oxygen atoms in total. The molecule has 0 unspecified atom stereocenters. The second kappa shape index (κ2) is 5.85. The van der Waals surface area contributed by atoms with E-state index in [2.05, 4.69) is 26.2 Å². The van der Waals surface area contributed by atoms with Gasteiger partial charge in [-0.05, 0) is 47.1 Å². The molecule has 0 spiro atoms. The molecule has 0 radical (unpaired) electrons. The maximum atomic E-state index is 12.6. The Morgan fingerprint density at radius 2 is 2.00 bits per heavy atom. The Hall–Kier alpha value is -1.89. The maximum absolute atomic E-state index is 12.6. The smallest absolute Gasteiger partial charge is 0.321 e. The average molecular weight is 359 g/mol. The number of carbonyl (C=O) groups is 1. The third-order valence-electron chi connectivity index (χ3n) is 2.74. The number of carbonyl (C=O) groups excluding carboxylic acids is 1. The van der Waals surface area contributed by atoms with Crippen molar-refractivity contribution in [1.29, 1.82) is 0 Å². The number of hydrogen-bond donors (Lipinski definition) is 1. The van der Waals surface area contributed by atoms with Crippen molar-refractivity contribution in [2.45, 2.75) is 13.1 Å². The Labute approximate surface area is 127 Å². The van der Waals surface area contributed by atoms with Crippen LogP contribution in [-0.2, 0) is 6.18 Å². The minimum absolute atomic E-state index is 0.0680. The minimum atomic E-state index is -4.48. The molecule has 1 aromatic carbocycles. The number of benzene rings is 1. The van der Waals surface area contributed by atoms with Gasteiger partial charge in [-0.25, -0.2) is 0 Å². The predicted molar refractivity (Wildman–Crippen MR) is 76.1 cm³/mol. The van der Waals surface area contributed by atoms with Crippen molar-refractivity contribution >= 4 is 27.5 Å². The van der Waals surface area contributed by atoms with Crippen molar-refractivity contribution in [1.82, 2.24) is 4.98 Å². The topological polar surface area (TPSA) is 42.0 Å². The van der Waals surface area contributed by atoms with Crippen molar-refractivity contribution in [2.24, 2.45) is 0 Å². The van der Waals surface area contributed by atoms with Crippen LogP contribution in [0.3, 0.4) is 0 Å². The van der Waals surface area contributed by atoms with E-state index in [0.29, 0.717) is 10.2 Å². The molecule has 110 valence electrons. The van der Waals surface area contributed by atoms with Crippen molar-refractivity contribution in [2.75, 3.05) is 5.32 Å². The van der Waals surface area contributed by atoms with E-state index in [1.165, 1.54) is 18.3 Å². The van der Waals surface area contributed by atoms with Crippen LogP contribution in [0.2, 0.25) is 0 Å². The monoisotopic (exact) mass is 358 g/mol. The molecule has 0 bridgehead atoms. The summed E-state index contributed by atoms with van der Waals surface area (Å²) in [6.07, 6.45) is -3.05. The fourth-order valence-electron chi connectivity index (χ4n) is 1.61. The van der Waals surface area contributed by atoms with E-state index in [1.54, 1.807) is 13.0 Å². The average Bonchev–Trinajstić information content (AvgIpc) is 2.42. The van der Waals surface area contributed by atoms with Crippen LogP contribution in [0.15, 0.2) is 41.0 Å². The van der Waals surface area contributed by atoms with Gasteiger partial charge in [0.25, 0.3) is 5.91 Å². The Morgan fingerprint density at radius 1 is 1.29 bits per heavy atom. The highest BCUT2D eigenvalue weighted by Crippen LogP contribution is 2.29. The van der Waals surface area contributed by atoms with E-state index in [1.807, 2.05) is 0 Å². The Kier molecular flexibility index (Phi) is 4.32. The van der Waals surface area contributed by atoms with Crippen molar-refractivity contribution in [3.63, 3.8) is 0 Å². The van der Waals surface area contributed by atoms with Crippen molar-refractivity contribution in [3.05, 3.63) is 57.8 Å². The summed E-state index contributed by atoms with van der Waals surface area (Å²) in [6, 6.07) is 5.88. The second-order valence-electron chi connectivity index (χ2n) is 4.32. The van der Waals surface area contributed by atoms with Gasteiger partial charge >= 0.3 is 6.18 Å². The molecule has 0 aliphatic heterocycles. The quantitative estimate of drug-likeness (QED) is 0.862. The summed E-state index contributed by atoms with van der Waals surface area (Å²) in [4.78, 5) is 16.0. The van der Waals surface area contributed by atoms with Gasteiger partial charge in [0.05, 0.1) is 23.1 Å². The molecule has 0 fully saturated rings. The second-order valence-corrected chi connectivity index (χ2v) is 5.18. The zero-order valence-electron chi connectivity index (χ0n) is 10.8. The van der Waals surface area contributed by atoms with Crippen LogP contribution >= 0.6 is 15.9 Å². The SMILES string of the molecule is Cc1ncc(NC(=O)c2cccc(C(F)(F)F)c2)cc1Br. The van der Waals surface area contributed by atoms with Crippen LogP contribution in [0, 0.1) is 6.92 Å². The van der Waals surface area contributed by atoms with E-state index in [-0.39, 0.29) is 5.56 Å². The Balaban J connectivity index is 2.22. The number of halogens is 4. The summed E-state index contributed by atoms with van der Waals surface area (Å²) < 4.78 is 38.5. The number of hydrogen-bond acceptors (Lipinski definition) is 2. The Bertz CT molecular complexity index is 686. The normalized spacial score (nSPS) is 11.3. The van der Waals surface area contributed by atoms with Gasteiger partial charge in [-0.3, -0.25) is 9.78 Å². The summed E-state index contributed by atoms with van der Waals surface area (Å²) >= 11 is 3.27. The highest BCUT2D eigenvalue weighted by atomic mass is 79.9. The first-order valence-electron chi connectivity index (χ1n) is 5.88. The van der Waals surface area contributed by atoms with Gasteiger partial charge in [-0.1, -0.05) is 6.07 Å². The van der Waals surface area contributed by atoms with Crippen LogP contribution in [0.5, 0.6) is 0 Å². The third-order valence-corrected chi connectivity index (χ3v) is 3.54.